The van der Waals surface area contributed by atoms with Gasteiger partial charge in [0.1, 0.15) is 0 Å². The fraction of sp³-hybridized carbons (Fsp3) is 0.125. The lowest BCUT2D eigenvalue weighted by Crippen LogP contribution is -2.21. The summed E-state index contributed by atoms with van der Waals surface area (Å²) in [4.78, 5) is 2.52. The summed E-state index contributed by atoms with van der Waals surface area (Å²) in [7, 11) is 0. The second-order valence-electron chi connectivity index (χ2n) is 14.4. The van der Waals surface area contributed by atoms with Crippen LogP contribution in [0.4, 0.5) is 17.1 Å². The van der Waals surface area contributed by atoms with Crippen molar-refractivity contribution in [3.8, 4) is 27.9 Å². The number of anilines is 3. The highest BCUT2D eigenvalue weighted by molar-refractivity contribution is 6.15. The third-order valence-electron chi connectivity index (χ3n) is 10.8. The molecule has 0 amide bonds. The molecule has 0 aliphatic heterocycles. The van der Waals surface area contributed by atoms with Crippen LogP contribution in [0.1, 0.15) is 41.7 Å². The van der Waals surface area contributed by atoms with Gasteiger partial charge in [0.2, 0.25) is 0 Å². The van der Waals surface area contributed by atoms with E-state index in [4.69, 9.17) is 0 Å². The summed E-state index contributed by atoms with van der Waals surface area (Å²) in [6.07, 6.45) is 0. The maximum Gasteiger partial charge on any atom is 0.0547 e. The third kappa shape index (κ3) is 4.48. The molecule has 0 unspecified atom stereocenters. The van der Waals surface area contributed by atoms with E-state index in [0.717, 1.165) is 5.69 Å². The van der Waals surface area contributed by atoms with Crippen LogP contribution in [0.15, 0.2) is 152 Å². The lowest BCUT2D eigenvalue weighted by Gasteiger charge is -2.34. The van der Waals surface area contributed by atoms with Crippen molar-refractivity contribution >= 4 is 38.9 Å². The van der Waals surface area contributed by atoms with Crippen LogP contribution in [-0.4, -0.2) is 4.57 Å². The summed E-state index contributed by atoms with van der Waals surface area (Å²) < 4.78 is 2.39. The first-order chi connectivity index (χ1) is 24.3. The van der Waals surface area contributed by atoms with Gasteiger partial charge < -0.3 is 9.47 Å². The number of aromatic nitrogens is 1. The van der Waals surface area contributed by atoms with E-state index in [1.54, 1.807) is 0 Å². The number of fused-ring (bicyclic) bond motifs is 6. The van der Waals surface area contributed by atoms with Crippen LogP contribution >= 0.6 is 0 Å². The lowest BCUT2D eigenvalue weighted by atomic mass is 9.81. The highest BCUT2D eigenvalue weighted by Crippen LogP contribution is 2.54. The summed E-state index contributed by atoms with van der Waals surface area (Å²) in [6.45, 7) is 11.5. The van der Waals surface area contributed by atoms with Crippen molar-refractivity contribution in [1.29, 1.82) is 0 Å². The van der Waals surface area contributed by atoms with Crippen LogP contribution < -0.4 is 4.90 Å². The summed E-state index contributed by atoms with van der Waals surface area (Å²) in [5, 5.41) is 2.54. The van der Waals surface area contributed by atoms with E-state index in [-0.39, 0.29) is 5.41 Å². The van der Waals surface area contributed by atoms with Crippen molar-refractivity contribution in [2.75, 3.05) is 4.90 Å². The Morgan fingerprint density at radius 3 is 1.94 bits per heavy atom. The molecule has 1 aliphatic rings. The normalized spacial score (nSPS) is 13.1. The van der Waals surface area contributed by atoms with Crippen molar-refractivity contribution < 1.29 is 0 Å². The van der Waals surface area contributed by atoms with E-state index >= 15 is 0 Å². The van der Waals surface area contributed by atoms with E-state index in [2.05, 4.69) is 196 Å². The monoisotopic (exact) mass is 644 g/mol. The van der Waals surface area contributed by atoms with E-state index in [9.17, 15) is 0 Å². The average molecular weight is 645 g/mol. The smallest absolute Gasteiger partial charge is 0.0547 e. The third-order valence-corrected chi connectivity index (χ3v) is 10.8. The number of para-hydroxylation sites is 2. The minimum Gasteiger partial charge on any atom is -0.310 e. The molecule has 8 aromatic rings. The molecule has 50 heavy (non-hydrogen) atoms. The number of rotatable bonds is 5. The molecule has 242 valence electrons. The Bertz CT molecular complexity index is 2560. The van der Waals surface area contributed by atoms with Gasteiger partial charge in [-0.05, 0) is 108 Å². The molecule has 1 aromatic heterocycles. The highest BCUT2D eigenvalue weighted by Gasteiger charge is 2.39. The number of nitrogens with zero attached hydrogens (tertiary/aromatic N) is 2. The number of aryl methyl sites for hydroxylation is 3. The number of benzene rings is 7. The Kier molecular flexibility index (Phi) is 6.86. The second kappa shape index (κ2) is 11.4. The molecule has 0 spiro atoms. The minimum absolute atomic E-state index is 0.143. The molecular formula is C48H40N2. The molecule has 0 saturated carbocycles. The highest BCUT2D eigenvalue weighted by atomic mass is 15.2. The van der Waals surface area contributed by atoms with Gasteiger partial charge >= 0.3 is 0 Å². The van der Waals surface area contributed by atoms with Crippen LogP contribution in [-0.2, 0) is 5.41 Å². The maximum atomic E-state index is 2.52. The van der Waals surface area contributed by atoms with Gasteiger partial charge in [0.15, 0.2) is 0 Å². The Hall–Kier alpha value is -5.86. The molecule has 0 fully saturated rings. The Labute approximate surface area is 294 Å². The largest absolute Gasteiger partial charge is 0.310 e. The van der Waals surface area contributed by atoms with Gasteiger partial charge in [-0.3, -0.25) is 0 Å². The summed E-state index contributed by atoms with van der Waals surface area (Å²) in [5.74, 6) is 0. The standard InChI is InChI=1S/C48H40N2/c1-31-29-32(2)47(33(3)30-31)50(44-24-14-20-39-38-17-9-11-21-41(38)48(4,5)46(39)44)36-27-25-34(26-28-36)37-19-13-23-43-45(37)40-18-10-12-22-42(40)49(43)35-15-7-6-8-16-35/h6-30H,1-5H3. The predicted octanol–water partition coefficient (Wildman–Crippen LogP) is 13.2. The molecule has 2 heteroatoms. The van der Waals surface area contributed by atoms with E-state index in [1.165, 1.54) is 88.9 Å². The van der Waals surface area contributed by atoms with Gasteiger partial charge in [-0.1, -0.05) is 129 Å². The van der Waals surface area contributed by atoms with Crippen LogP contribution in [0.3, 0.4) is 0 Å². The van der Waals surface area contributed by atoms with Crippen molar-refractivity contribution in [3.63, 3.8) is 0 Å². The fourth-order valence-corrected chi connectivity index (χ4v) is 8.82. The first-order valence-electron chi connectivity index (χ1n) is 17.6. The quantitative estimate of drug-likeness (QED) is 0.181. The van der Waals surface area contributed by atoms with E-state index < -0.39 is 0 Å². The fourth-order valence-electron chi connectivity index (χ4n) is 8.82. The van der Waals surface area contributed by atoms with E-state index in [1.807, 2.05) is 0 Å². The van der Waals surface area contributed by atoms with E-state index in [0.29, 0.717) is 0 Å². The van der Waals surface area contributed by atoms with Gasteiger partial charge in [0, 0.05) is 27.6 Å². The Morgan fingerprint density at radius 2 is 1.16 bits per heavy atom. The molecular weight excluding hydrogens is 605 g/mol. The van der Waals surface area contributed by atoms with Gasteiger partial charge in [-0.2, -0.15) is 0 Å². The summed E-state index contributed by atoms with van der Waals surface area (Å²) in [6, 6.07) is 55.9. The Balaban J connectivity index is 1.24. The molecule has 7 aromatic carbocycles. The summed E-state index contributed by atoms with van der Waals surface area (Å²) in [5.41, 5.74) is 18.8. The zero-order valence-electron chi connectivity index (χ0n) is 29.3. The van der Waals surface area contributed by atoms with Crippen molar-refractivity contribution in [1.82, 2.24) is 4.57 Å². The number of hydrogen-bond donors (Lipinski definition) is 0. The molecule has 1 aliphatic carbocycles. The van der Waals surface area contributed by atoms with Crippen molar-refractivity contribution in [3.05, 3.63) is 179 Å². The minimum atomic E-state index is -0.143. The van der Waals surface area contributed by atoms with Crippen molar-refractivity contribution in [2.24, 2.45) is 0 Å². The molecule has 0 radical (unpaired) electrons. The summed E-state index contributed by atoms with van der Waals surface area (Å²) >= 11 is 0. The molecule has 0 saturated heterocycles. The topological polar surface area (TPSA) is 8.17 Å². The van der Waals surface area contributed by atoms with Crippen LogP contribution in [0, 0.1) is 20.8 Å². The van der Waals surface area contributed by atoms with Crippen LogP contribution in [0.25, 0.3) is 49.7 Å². The molecule has 0 atom stereocenters. The zero-order valence-corrected chi connectivity index (χ0v) is 29.3. The molecule has 0 N–H and O–H groups in total. The van der Waals surface area contributed by atoms with Gasteiger partial charge in [0.05, 0.1) is 22.4 Å². The number of hydrogen-bond acceptors (Lipinski definition) is 1. The second-order valence-corrected chi connectivity index (χ2v) is 14.4. The average Bonchev–Trinajstić information content (AvgIpc) is 3.59. The zero-order chi connectivity index (χ0) is 34.1. The molecule has 0 bridgehead atoms. The molecule has 9 rings (SSSR count). The first kappa shape index (κ1) is 30.2. The molecule has 1 heterocycles. The predicted molar refractivity (Wildman–Crippen MR) is 213 cm³/mol. The SMILES string of the molecule is Cc1cc(C)c(N(c2ccc(-c3cccc4c3c3ccccc3n4-c3ccccc3)cc2)c2cccc3c2C(C)(C)c2ccccc2-3)c(C)c1. The first-order valence-corrected chi connectivity index (χ1v) is 17.6. The lowest BCUT2D eigenvalue weighted by molar-refractivity contribution is 0.660. The van der Waals surface area contributed by atoms with Gasteiger partial charge in [-0.15, -0.1) is 0 Å². The van der Waals surface area contributed by atoms with Gasteiger partial charge in [0.25, 0.3) is 0 Å². The van der Waals surface area contributed by atoms with Gasteiger partial charge in [-0.25, -0.2) is 0 Å². The maximum absolute atomic E-state index is 2.52. The van der Waals surface area contributed by atoms with Crippen LogP contribution in [0.5, 0.6) is 0 Å². The Morgan fingerprint density at radius 1 is 0.540 bits per heavy atom. The van der Waals surface area contributed by atoms with Crippen LogP contribution in [0.2, 0.25) is 0 Å². The van der Waals surface area contributed by atoms with Crippen molar-refractivity contribution in [2.45, 2.75) is 40.0 Å². The molecule has 2 nitrogen and oxygen atoms in total.